The highest BCUT2D eigenvalue weighted by Crippen LogP contribution is 2.31. The van der Waals surface area contributed by atoms with Crippen LogP contribution >= 0.6 is 0 Å². The lowest BCUT2D eigenvalue weighted by molar-refractivity contribution is 0.0663. The number of furan rings is 1. The maximum absolute atomic E-state index is 10.9. The Morgan fingerprint density at radius 2 is 1.74 bits per heavy atom. The van der Waals surface area contributed by atoms with Gasteiger partial charge in [-0.05, 0) is 35.4 Å². The van der Waals surface area contributed by atoms with Crippen LogP contribution < -0.4 is 0 Å². The second kappa shape index (κ2) is 4.28. The van der Waals surface area contributed by atoms with Gasteiger partial charge < -0.3 is 9.52 Å². The minimum atomic E-state index is -1.05. The number of hydrogen-bond acceptors (Lipinski definition) is 2. The summed E-state index contributed by atoms with van der Waals surface area (Å²) in [5.41, 5.74) is 2.10. The number of hydrogen-bond donors (Lipinski definition) is 1. The third-order valence-corrected chi connectivity index (χ3v) is 3.22. The molecule has 0 spiro atoms. The number of aromatic carboxylic acids is 1. The summed E-state index contributed by atoms with van der Waals surface area (Å²) in [6, 6.07) is 15.2. The molecule has 0 atom stereocenters. The molecule has 1 aromatic heterocycles. The monoisotopic (exact) mass is 252 g/mol. The molecule has 0 aliphatic carbocycles. The van der Waals surface area contributed by atoms with Crippen LogP contribution in [0.15, 0.2) is 52.9 Å². The summed E-state index contributed by atoms with van der Waals surface area (Å²) >= 11 is 0. The molecule has 3 aromatic rings. The Labute approximate surface area is 110 Å². The van der Waals surface area contributed by atoms with Gasteiger partial charge in [-0.15, -0.1) is 0 Å². The molecule has 1 N–H and O–H groups in total. The molecule has 19 heavy (non-hydrogen) atoms. The van der Waals surface area contributed by atoms with Crippen molar-refractivity contribution in [2.24, 2.45) is 0 Å². The Bertz CT molecular complexity index is 769. The van der Waals surface area contributed by atoms with Crippen molar-refractivity contribution in [3.05, 3.63) is 59.9 Å². The topological polar surface area (TPSA) is 50.4 Å². The van der Waals surface area contributed by atoms with Gasteiger partial charge in [-0.3, -0.25) is 0 Å². The fourth-order valence-corrected chi connectivity index (χ4v) is 2.26. The van der Waals surface area contributed by atoms with E-state index < -0.39 is 5.97 Å². The molecule has 0 radical (unpaired) electrons. The minimum Gasteiger partial charge on any atom is -0.475 e. The first-order chi connectivity index (χ1) is 9.16. The number of benzene rings is 2. The summed E-state index contributed by atoms with van der Waals surface area (Å²) in [4.78, 5) is 10.9. The van der Waals surface area contributed by atoms with E-state index in [0.717, 1.165) is 16.3 Å². The Kier molecular flexibility index (Phi) is 2.60. The third kappa shape index (κ3) is 1.89. The molecule has 0 aliphatic heterocycles. The highest BCUT2D eigenvalue weighted by Gasteiger charge is 2.12. The zero-order chi connectivity index (χ0) is 13.4. The smallest absolute Gasteiger partial charge is 0.371 e. The fraction of sp³-hybridized carbons (Fsp3) is 0.0625. The molecule has 0 aliphatic rings. The van der Waals surface area contributed by atoms with Crippen LogP contribution in [0.3, 0.4) is 0 Å². The van der Waals surface area contributed by atoms with Crippen LogP contribution in [0, 0.1) is 6.92 Å². The maximum Gasteiger partial charge on any atom is 0.371 e. The van der Waals surface area contributed by atoms with Crippen molar-refractivity contribution in [2.75, 3.05) is 0 Å². The normalized spacial score (nSPS) is 10.8. The Balaban J connectivity index is 2.24. The molecule has 3 rings (SSSR count). The molecule has 0 amide bonds. The lowest BCUT2D eigenvalue weighted by Gasteiger charge is -2.06. The average molecular weight is 252 g/mol. The van der Waals surface area contributed by atoms with E-state index in [0.29, 0.717) is 5.76 Å². The van der Waals surface area contributed by atoms with Gasteiger partial charge in [0.2, 0.25) is 5.76 Å². The molecule has 3 heteroatoms. The van der Waals surface area contributed by atoms with Gasteiger partial charge in [-0.25, -0.2) is 4.79 Å². The zero-order valence-electron chi connectivity index (χ0n) is 10.4. The second-order valence-corrected chi connectivity index (χ2v) is 4.44. The van der Waals surface area contributed by atoms with Crippen molar-refractivity contribution >= 4 is 16.7 Å². The molecule has 94 valence electrons. The van der Waals surface area contributed by atoms with Crippen LogP contribution in [0.1, 0.15) is 16.1 Å². The zero-order valence-corrected chi connectivity index (χ0v) is 10.4. The molecule has 0 saturated heterocycles. The average Bonchev–Trinajstić information content (AvgIpc) is 2.89. The third-order valence-electron chi connectivity index (χ3n) is 3.22. The fourth-order valence-electron chi connectivity index (χ4n) is 2.26. The largest absolute Gasteiger partial charge is 0.475 e. The molecular weight excluding hydrogens is 240 g/mol. The first-order valence-corrected chi connectivity index (χ1v) is 5.98. The second-order valence-electron chi connectivity index (χ2n) is 4.44. The van der Waals surface area contributed by atoms with Crippen LogP contribution in [-0.2, 0) is 0 Å². The van der Waals surface area contributed by atoms with Crippen LogP contribution in [0.5, 0.6) is 0 Å². The lowest BCUT2D eigenvalue weighted by atomic mass is 9.99. The summed E-state index contributed by atoms with van der Waals surface area (Å²) in [6.07, 6.45) is 0. The summed E-state index contributed by atoms with van der Waals surface area (Å²) < 4.78 is 5.38. The van der Waals surface area contributed by atoms with Gasteiger partial charge in [0.1, 0.15) is 5.76 Å². The molecule has 0 saturated carbocycles. The Hall–Kier alpha value is -2.55. The van der Waals surface area contributed by atoms with Crippen molar-refractivity contribution in [2.45, 2.75) is 6.92 Å². The van der Waals surface area contributed by atoms with Gasteiger partial charge in [0.05, 0.1) is 0 Å². The predicted octanol–water partition coefficient (Wildman–Crippen LogP) is 4.11. The van der Waals surface area contributed by atoms with Crippen LogP contribution in [0.2, 0.25) is 0 Å². The van der Waals surface area contributed by atoms with Gasteiger partial charge in [-0.2, -0.15) is 0 Å². The van der Waals surface area contributed by atoms with E-state index in [-0.39, 0.29) is 5.76 Å². The highest BCUT2D eigenvalue weighted by molar-refractivity contribution is 5.97. The first kappa shape index (κ1) is 11.5. The highest BCUT2D eigenvalue weighted by atomic mass is 16.4. The van der Waals surface area contributed by atoms with Gasteiger partial charge in [0, 0.05) is 5.56 Å². The van der Waals surface area contributed by atoms with Crippen molar-refractivity contribution in [1.29, 1.82) is 0 Å². The molecule has 0 unspecified atom stereocenters. The summed E-state index contributed by atoms with van der Waals surface area (Å²) in [5, 5.41) is 11.1. The number of fused-ring (bicyclic) bond motifs is 1. The minimum absolute atomic E-state index is 0.0420. The SMILES string of the molecule is Cc1ccc(-c2ccc(C(=O)O)o2)c2ccccc12. The van der Waals surface area contributed by atoms with Crippen molar-refractivity contribution in [3.8, 4) is 11.3 Å². The van der Waals surface area contributed by atoms with E-state index in [9.17, 15) is 4.79 Å². The number of carboxylic acids is 1. The molecular formula is C16H12O3. The molecule has 0 bridgehead atoms. The van der Waals surface area contributed by atoms with E-state index >= 15 is 0 Å². The van der Waals surface area contributed by atoms with Crippen LogP contribution in [0.4, 0.5) is 0 Å². The molecule has 1 heterocycles. The van der Waals surface area contributed by atoms with Gasteiger partial charge in [-0.1, -0.05) is 36.4 Å². The number of rotatable bonds is 2. The van der Waals surface area contributed by atoms with Gasteiger partial charge in [0.15, 0.2) is 0 Å². The Morgan fingerprint density at radius 1 is 1.00 bits per heavy atom. The van der Waals surface area contributed by atoms with Crippen LogP contribution in [-0.4, -0.2) is 11.1 Å². The van der Waals surface area contributed by atoms with Crippen molar-refractivity contribution in [1.82, 2.24) is 0 Å². The van der Waals surface area contributed by atoms with Crippen LogP contribution in [0.25, 0.3) is 22.1 Å². The van der Waals surface area contributed by atoms with Gasteiger partial charge in [0.25, 0.3) is 0 Å². The first-order valence-electron chi connectivity index (χ1n) is 5.98. The Morgan fingerprint density at radius 3 is 2.42 bits per heavy atom. The summed E-state index contributed by atoms with van der Waals surface area (Å²) in [7, 11) is 0. The number of carbonyl (C=O) groups is 1. The number of aryl methyl sites for hydroxylation is 1. The molecule has 0 fully saturated rings. The van der Waals surface area contributed by atoms with Gasteiger partial charge >= 0.3 is 5.97 Å². The lowest BCUT2D eigenvalue weighted by Crippen LogP contribution is -1.91. The maximum atomic E-state index is 10.9. The van der Waals surface area contributed by atoms with E-state index in [1.807, 2.05) is 30.3 Å². The quantitative estimate of drug-likeness (QED) is 0.746. The van der Waals surface area contributed by atoms with E-state index in [2.05, 4.69) is 13.0 Å². The van der Waals surface area contributed by atoms with E-state index in [1.165, 1.54) is 11.6 Å². The molecule has 2 aromatic carbocycles. The number of carboxylic acid groups (broad SMARTS) is 1. The van der Waals surface area contributed by atoms with E-state index in [4.69, 9.17) is 9.52 Å². The predicted molar refractivity (Wildman–Crippen MR) is 73.3 cm³/mol. The van der Waals surface area contributed by atoms with Crippen molar-refractivity contribution in [3.63, 3.8) is 0 Å². The van der Waals surface area contributed by atoms with E-state index in [1.54, 1.807) is 6.07 Å². The summed E-state index contributed by atoms with van der Waals surface area (Å²) in [5.74, 6) is -0.518. The summed E-state index contributed by atoms with van der Waals surface area (Å²) in [6.45, 7) is 2.05. The standard InChI is InChI=1S/C16H12O3/c1-10-6-7-13(12-5-3-2-4-11(10)12)14-8-9-15(19-14)16(17)18/h2-9H,1H3,(H,17,18). The molecule has 3 nitrogen and oxygen atoms in total. The van der Waals surface area contributed by atoms with Crippen molar-refractivity contribution < 1.29 is 14.3 Å².